The lowest BCUT2D eigenvalue weighted by molar-refractivity contribution is -0.117. The van der Waals surface area contributed by atoms with Gasteiger partial charge in [0.15, 0.2) is 0 Å². The minimum absolute atomic E-state index is 0.0372. The van der Waals surface area contributed by atoms with Gasteiger partial charge in [-0.2, -0.15) is 0 Å². The van der Waals surface area contributed by atoms with Gasteiger partial charge in [0.1, 0.15) is 0 Å². The maximum absolute atomic E-state index is 12.3. The summed E-state index contributed by atoms with van der Waals surface area (Å²) in [6.07, 6.45) is 0. The van der Waals surface area contributed by atoms with E-state index in [9.17, 15) is 14.4 Å². The minimum atomic E-state index is -0.735. The van der Waals surface area contributed by atoms with Gasteiger partial charge in [0, 0.05) is 23.4 Å². The zero-order valence-corrected chi connectivity index (χ0v) is 16.0. The molecule has 0 aromatic heterocycles. The molecule has 2 rings (SSSR count). The van der Waals surface area contributed by atoms with E-state index in [1.165, 1.54) is 18.2 Å². The second-order valence-corrected chi connectivity index (χ2v) is 6.75. The first-order valence-corrected chi connectivity index (χ1v) is 8.59. The van der Waals surface area contributed by atoms with Crippen molar-refractivity contribution in [3.05, 3.63) is 63.1 Å². The van der Waals surface area contributed by atoms with Crippen LogP contribution in [0.15, 0.2) is 36.4 Å². The number of halogens is 2. The zero-order valence-electron chi connectivity index (χ0n) is 14.5. The molecule has 0 unspecified atom stereocenters. The van der Waals surface area contributed by atoms with Gasteiger partial charge >= 0.3 is 0 Å². The van der Waals surface area contributed by atoms with Crippen LogP contribution in [0.1, 0.15) is 26.3 Å². The van der Waals surface area contributed by atoms with Gasteiger partial charge in [0.25, 0.3) is 0 Å². The molecule has 2 aromatic rings. The number of carbonyl (C=O) groups excluding carboxylic acids is 3. The Hall–Kier alpha value is -2.61. The first-order valence-electron chi connectivity index (χ1n) is 7.83. The van der Waals surface area contributed by atoms with Gasteiger partial charge in [0.05, 0.1) is 16.6 Å². The predicted molar refractivity (Wildman–Crippen MR) is 105 cm³/mol. The second-order valence-electron chi connectivity index (χ2n) is 5.96. The Bertz CT molecular complexity index is 870. The molecule has 0 saturated carbocycles. The third-order valence-corrected chi connectivity index (χ3v) is 4.53. The van der Waals surface area contributed by atoms with Crippen LogP contribution in [0.25, 0.3) is 0 Å². The van der Waals surface area contributed by atoms with Crippen molar-refractivity contribution in [2.45, 2.75) is 6.54 Å². The summed E-state index contributed by atoms with van der Waals surface area (Å²) in [4.78, 5) is 36.8. The maximum atomic E-state index is 12.3. The quantitative estimate of drug-likeness (QED) is 0.650. The molecule has 9 heteroatoms. The molecule has 0 heterocycles. The summed E-state index contributed by atoms with van der Waals surface area (Å²) in [6.45, 7) is 0.441. The minimum Gasteiger partial charge on any atom is -0.366 e. The Kier molecular flexibility index (Phi) is 6.79. The second kappa shape index (κ2) is 8.85. The molecular weight excluding hydrogens is 391 g/mol. The molecule has 2 aromatic carbocycles. The predicted octanol–water partition coefficient (Wildman–Crippen LogP) is 2.26. The fourth-order valence-electron chi connectivity index (χ4n) is 2.45. The zero-order chi connectivity index (χ0) is 20.1. The lowest BCUT2D eigenvalue weighted by Gasteiger charge is -2.18. The van der Waals surface area contributed by atoms with Crippen LogP contribution in [0.2, 0.25) is 10.0 Å². The highest BCUT2D eigenvalue weighted by molar-refractivity contribution is 6.42. The number of primary amides is 2. The van der Waals surface area contributed by atoms with Crippen LogP contribution >= 0.6 is 23.2 Å². The van der Waals surface area contributed by atoms with Crippen LogP contribution < -0.4 is 16.8 Å². The number of rotatable bonds is 7. The molecule has 142 valence electrons. The van der Waals surface area contributed by atoms with Crippen molar-refractivity contribution < 1.29 is 14.4 Å². The van der Waals surface area contributed by atoms with E-state index >= 15 is 0 Å². The third-order valence-electron chi connectivity index (χ3n) is 3.67. The van der Waals surface area contributed by atoms with Crippen molar-refractivity contribution in [1.29, 1.82) is 0 Å². The molecule has 7 nitrogen and oxygen atoms in total. The highest BCUT2D eigenvalue weighted by atomic mass is 35.5. The third kappa shape index (κ3) is 5.68. The Balaban J connectivity index is 2.07. The van der Waals surface area contributed by atoms with Gasteiger partial charge in [-0.05, 0) is 36.9 Å². The highest BCUT2D eigenvalue weighted by Crippen LogP contribution is 2.26. The molecule has 5 N–H and O–H groups in total. The largest absolute Gasteiger partial charge is 0.366 e. The van der Waals surface area contributed by atoms with Crippen molar-refractivity contribution in [2.24, 2.45) is 11.5 Å². The number of nitrogens with zero attached hydrogens (tertiary/aromatic N) is 1. The molecule has 0 radical (unpaired) electrons. The first kappa shape index (κ1) is 20.7. The summed E-state index contributed by atoms with van der Waals surface area (Å²) in [5, 5.41) is 3.50. The maximum Gasteiger partial charge on any atom is 0.248 e. The molecule has 0 saturated heterocycles. The number of nitrogens with two attached hydrogens (primary N) is 2. The van der Waals surface area contributed by atoms with E-state index in [-0.39, 0.29) is 29.3 Å². The molecule has 0 aliphatic heterocycles. The average Bonchev–Trinajstić information content (AvgIpc) is 2.58. The summed E-state index contributed by atoms with van der Waals surface area (Å²) < 4.78 is 0. The Labute approximate surface area is 166 Å². The SMILES string of the molecule is CN(CC(=O)Nc1cc(C(N)=O)cc(C(N)=O)c1)Cc1cccc(Cl)c1Cl. The van der Waals surface area contributed by atoms with Crippen molar-refractivity contribution in [2.75, 3.05) is 18.9 Å². The van der Waals surface area contributed by atoms with E-state index in [1.54, 1.807) is 24.1 Å². The molecule has 0 aliphatic rings. The fraction of sp³-hybridized carbons (Fsp3) is 0.167. The fourth-order valence-corrected chi connectivity index (χ4v) is 2.83. The van der Waals surface area contributed by atoms with Gasteiger partial charge in [-0.25, -0.2) is 0 Å². The van der Waals surface area contributed by atoms with E-state index in [1.807, 2.05) is 6.07 Å². The van der Waals surface area contributed by atoms with Crippen LogP contribution in [0.3, 0.4) is 0 Å². The molecule has 0 fully saturated rings. The van der Waals surface area contributed by atoms with Crippen LogP contribution in [-0.4, -0.2) is 36.2 Å². The number of nitrogens with one attached hydrogen (secondary N) is 1. The Morgan fingerprint density at radius 2 is 1.63 bits per heavy atom. The molecular formula is C18H18Cl2N4O3. The van der Waals surface area contributed by atoms with Gasteiger partial charge in [-0.3, -0.25) is 19.3 Å². The standard InChI is InChI=1S/C18H18Cl2N4O3/c1-24(8-10-3-2-4-14(19)16(10)20)9-15(25)23-13-6-11(17(21)26)5-12(7-13)18(22)27/h2-7H,8-9H2,1H3,(H2,21,26)(H2,22,27)(H,23,25). The molecule has 27 heavy (non-hydrogen) atoms. The smallest absolute Gasteiger partial charge is 0.248 e. The highest BCUT2D eigenvalue weighted by Gasteiger charge is 2.13. The topological polar surface area (TPSA) is 119 Å². The molecule has 0 aliphatic carbocycles. The Morgan fingerprint density at radius 1 is 1.04 bits per heavy atom. The van der Waals surface area contributed by atoms with E-state index in [0.717, 1.165) is 5.56 Å². The van der Waals surface area contributed by atoms with Gasteiger partial charge in [-0.15, -0.1) is 0 Å². The van der Waals surface area contributed by atoms with E-state index in [0.29, 0.717) is 16.6 Å². The lowest BCUT2D eigenvalue weighted by atomic mass is 10.1. The lowest BCUT2D eigenvalue weighted by Crippen LogP contribution is -2.30. The number of likely N-dealkylation sites (N-methyl/N-ethyl adjacent to an activating group) is 1. The van der Waals surface area contributed by atoms with Crippen molar-refractivity contribution in [3.63, 3.8) is 0 Å². The van der Waals surface area contributed by atoms with E-state index < -0.39 is 11.8 Å². The van der Waals surface area contributed by atoms with E-state index in [2.05, 4.69) is 5.32 Å². The van der Waals surface area contributed by atoms with Gasteiger partial charge in [0.2, 0.25) is 17.7 Å². The number of carbonyl (C=O) groups is 3. The summed E-state index contributed by atoms with van der Waals surface area (Å²) >= 11 is 12.1. The van der Waals surface area contributed by atoms with E-state index in [4.69, 9.17) is 34.7 Å². The summed E-state index contributed by atoms with van der Waals surface area (Å²) in [5.74, 6) is -1.82. The molecule has 0 atom stereocenters. The monoisotopic (exact) mass is 408 g/mol. The van der Waals surface area contributed by atoms with Crippen LogP contribution in [0.5, 0.6) is 0 Å². The Morgan fingerprint density at radius 3 is 2.19 bits per heavy atom. The van der Waals surface area contributed by atoms with Gasteiger partial charge < -0.3 is 16.8 Å². The number of hydrogen-bond donors (Lipinski definition) is 3. The summed E-state index contributed by atoms with van der Waals surface area (Å²) in [6, 6.07) is 9.30. The van der Waals surface area contributed by atoms with Crippen molar-refractivity contribution in [3.8, 4) is 0 Å². The molecule has 0 spiro atoms. The van der Waals surface area contributed by atoms with Crippen LogP contribution in [0.4, 0.5) is 5.69 Å². The van der Waals surface area contributed by atoms with Crippen LogP contribution in [-0.2, 0) is 11.3 Å². The van der Waals surface area contributed by atoms with Crippen molar-refractivity contribution >= 4 is 46.6 Å². The molecule has 0 bridgehead atoms. The van der Waals surface area contributed by atoms with Crippen molar-refractivity contribution in [1.82, 2.24) is 4.90 Å². The van der Waals surface area contributed by atoms with Gasteiger partial charge in [-0.1, -0.05) is 35.3 Å². The number of benzene rings is 2. The number of hydrogen-bond acceptors (Lipinski definition) is 4. The normalized spacial score (nSPS) is 10.7. The first-order chi connectivity index (χ1) is 12.7. The summed E-state index contributed by atoms with van der Waals surface area (Å²) in [5.41, 5.74) is 11.7. The number of anilines is 1. The number of amides is 3. The average molecular weight is 409 g/mol. The molecule has 3 amide bonds. The van der Waals surface area contributed by atoms with Crippen LogP contribution in [0, 0.1) is 0 Å². The summed E-state index contributed by atoms with van der Waals surface area (Å²) in [7, 11) is 1.74.